The molecule has 0 spiro atoms. The molecule has 0 atom stereocenters. The van der Waals surface area contributed by atoms with Crippen molar-refractivity contribution in [2.45, 2.75) is 24.3 Å². The van der Waals surface area contributed by atoms with E-state index >= 15 is 0 Å². The fourth-order valence-electron chi connectivity index (χ4n) is 3.31. The molecule has 168 valence electrons. The van der Waals surface area contributed by atoms with Gasteiger partial charge in [-0.25, -0.2) is 13.2 Å². The molecule has 0 unspecified atom stereocenters. The second-order valence-corrected chi connectivity index (χ2v) is 9.86. The molecule has 2 heterocycles. The Bertz CT molecular complexity index is 1230. The molecule has 4 rings (SSSR count). The molecule has 1 aliphatic rings. The van der Waals surface area contributed by atoms with Crippen LogP contribution in [-0.2, 0) is 29.4 Å². The molecule has 32 heavy (non-hydrogen) atoms. The van der Waals surface area contributed by atoms with Crippen LogP contribution in [0.15, 0.2) is 57.9 Å². The highest BCUT2D eigenvalue weighted by atomic mass is 35.5. The van der Waals surface area contributed by atoms with E-state index in [1.54, 1.807) is 30.3 Å². The maximum absolute atomic E-state index is 12.9. The average Bonchev–Trinajstić information content (AvgIpc) is 3.19. The number of aromatic nitrogens is 1. The van der Waals surface area contributed by atoms with Gasteiger partial charge >= 0.3 is 6.09 Å². The minimum absolute atomic E-state index is 0.00193. The fraction of sp³-hybridized carbons (Fsp3) is 0.238. The van der Waals surface area contributed by atoms with Crippen LogP contribution in [0.5, 0.6) is 5.88 Å². The SMILES string of the molecule is O=C(NCCc1ccc(Cl)c(Cl)c1)Oc1noc2c1CN(S(=O)(=O)c1ccccc1)CC2. The zero-order chi connectivity index (χ0) is 22.7. The lowest BCUT2D eigenvalue weighted by atomic mass is 10.1. The number of carbonyl (C=O) groups excluding carboxylic acids is 1. The molecule has 0 radical (unpaired) electrons. The Morgan fingerprint density at radius 2 is 1.94 bits per heavy atom. The van der Waals surface area contributed by atoms with E-state index < -0.39 is 16.1 Å². The molecule has 8 nitrogen and oxygen atoms in total. The van der Waals surface area contributed by atoms with Crippen molar-refractivity contribution in [3.63, 3.8) is 0 Å². The molecule has 2 aromatic carbocycles. The summed E-state index contributed by atoms with van der Waals surface area (Å²) in [6, 6.07) is 13.4. The first-order chi connectivity index (χ1) is 15.3. The predicted octanol–water partition coefficient (Wildman–Crippen LogP) is 4.06. The van der Waals surface area contributed by atoms with E-state index in [-0.39, 0.29) is 23.9 Å². The number of halogens is 2. The summed E-state index contributed by atoms with van der Waals surface area (Å²) >= 11 is 11.9. The van der Waals surface area contributed by atoms with E-state index in [0.29, 0.717) is 40.8 Å². The second kappa shape index (κ2) is 9.50. The number of hydrogen-bond acceptors (Lipinski definition) is 6. The van der Waals surface area contributed by atoms with Crippen molar-refractivity contribution in [1.82, 2.24) is 14.8 Å². The van der Waals surface area contributed by atoms with Crippen LogP contribution in [0.4, 0.5) is 4.79 Å². The largest absolute Gasteiger partial charge is 0.414 e. The quantitative estimate of drug-likeness (QED) is 0.553. The van der Waals surface area contributed by atoms with Crippen LogP contribution in [0, 0.1) is 0 Å². The van der Waals surface area contributed by atoms with Gasteiger partial charge in [-0.3, -0.25) is 0 Å². The van der Waals surface area contributed by atoms with E-state index in [4.69, 9.17) is 32.5 Å². The van der Waals surface area contributed by atoms with Crippen LogP contribution >= 0.6 is 23.2 Å². The summed E-state index contributed by atoms with van der Waals surface area (Å²) in [4.78, 5) is 12.4. The number of amides is 1. The van der Waals surface area contributed by atoms with Gasteiger partial charge in [0.2, 0.25) is 10.0 Å². The molecule has 0 saturated carbocycles. The number of rotatable bonds is 6. The molecular weight excluding hydrogens is 477 g/mol. The van der Waals surface area contributed by atoms with Crippen molar-refractivity contribution < 1.29 is 22.5 Å². The third kappa shape index (κ3) is 4.91. The van der Waals surface area contributed by atoms with Gasteiger partial charge in [0.1, 0.15) is 5.76 Å². The minimum atomic E-state index is -3.69. The highest BCUT2D eigenvalue weighted by Crippen LogP contribution is 2.31. The number of carbonyl (C=O) groups is 1. The molecule has 1 aliphatic heterocycles. The Balaban J connectivity index is 1.38. The lowest BCUT2D eigenvalue weighted by Gasteiger charge is -2.25. The Hall–Kier alpha value is -2.59. The van der Waals surface area contributed by atoms with Gasteiger partial charge in [-0.2, -0.15) is 4.31 Å². The zero-order valence-electron chi connectivity index (χ0n) is 16.8. The topological polar surface area (TPSA) is 102 Å². The second-order valence-electron chi connectivity index (χ2n) is 7.11. The predicted molar refractivity (Wildman–Crippen MR) is 118 cm³/mol. The van der Waals surface area contributed by atoms with Gasteiger partial charge in [0, 0.05) is 26.1 Å². The zero-order valence-corrected chi connectivity index (χ0v) is 19.1. The van der Waals surface area contributed by atoms with Gasteiger partial charge in [-0.15, -0.1) is 0 Å². The third-order valence-corrected chi connectivity index (χ3v) is 7.59. The number of nitrogens with zero attached hydrogens (tertiary/aromatic N) is 2. The van der Waals surface area contributed by atoms with Gasteiger partial charge in [-0.1, -0.05) is 47.5 Å². The summed E-state index contributed by atoms with van der Waals surface area (Å²) in [5.74, 6) is 0.461. The van der Waals surface area contributed by atoms with Crippen LogP contribution in [0.2, 0.25) is 10.0 Å². The molecule has 0 fully saturated rings. The standard InChI is InChI=1S/C21H19Cl2N3O5S/c22-17-7-6-14(12-18(17)23)8-10-24-21(27)30-20-16-13-26(11-9-19(16)31-25-20)32(28,29)15-4-2-1-3-5-15/h1-7,12H,8-11,13H2,(H,24,27). The normalized spacial score (nSPS) is 14.1. The number of ether oxygens (including phenoxy) is 1. The number of nitrogens with one attached hydrogen (secondary N) is 1. The molecule has 1 N–H and O–H groups in total. The van der Waals surface area contributed by atoms with Crippen molar-refractivity contribution in [2.24, 2.45) is 0 Å². The molecule has 0 aliphatic carbocycles. The Labute approximate surface area is 195 Å². The van der Waals surface area contributed by atoms with Crippen LogP contribution < -0.4 is 10.1 Å². The monoisotopic (exact) mass is 495 g/mol. The van der Waals surface area contributed by atoms with Crippen LogP contribution in [0.25, 0.3) is 0 Å². The molecule has 0 bridgehead atoms. The molecule has 1 amide bonds. The summed E-state index contributed by atoms with van der Waals surface area (Å²) in [5, 5.41) is 7.33. The molecular formula is C21H19Cl2N3O5S. The van der Waals surface area contributed by atoms with Crippen molar-refractivity contribution in [3.05, 3.63) is 75.5 Å². The van der Waals surface area contributed by atoms with Crippen LogP contribution in [0.3, 0.4) is 0 Å². The van der Waals surface area contributed by atoms with Gasteiger partial charge in [0.25, 0.3) is 5.88 Å². The first kappa shape index (κ1) is 22.6. The Morgan fingerprint density at radius 1 is 1.16 bits per heavy atom. The number of benzene rings is 2. The molecule has 11 heteroatoms. The Kier molecular flexibility index (Phi) is 6.71. The first-order valence-corrected chi connectivity index (χ1v) is 12.0. The summed E-state index contributed by atoms with van der Waals surface area (Å²) in [7, 11) is -3.69. The number of hydrogen-bond donors (Lipinski definition) is 1. The Morgan fingerprint density at radius 3 is 2.69 bits per heavy atom. The summed E-state index contributed by atoms with van der Waals surface area (Å²) in [5.41, 5.74) is 1.34. The van der Waals surface area contributed by atoms with E-state index in [2.05, 4.69) is 10.5 Å². The van der Waals surface area contributed by atoms with Gasteiger partial charge in [0.15, 0.2) is 0 Å². The lowest BCUT2D eigenvalue weighted by molar-refractivity contribution is 0.195. The van der Waals surface area contributed by atoms with Gasteiger partial charge < -0.3 is 14.6 Å². The highest BCUT2D eigenvalue weighted by molar-refractivity contribution is 7.89. The van der Waals surface area contributed by atoms with E-state index in [9.17, 15) is 13.2 Å². The smallest absolute Gasteiger partial charge is 0.388 e. The summed E-state index contributed by atoms with van der Waals surface area (Å²) in [6.45, 7) is 0.544. The maximum atomic E-state index is 12.9. The van der Waals surface area contributed by atoms with Crippen LogP contribution in [0.1, 0.15) is 16.9 Å². The molecule has 1 aromatic heterocycles. The number of fused-ring (bicyclic) bond motifs is 1. The van der Waals surface area contributed by atoms with Crippen molar-refractivity contribution >= 4 is 39.3 Å². The van der Waals surface area contributed by atoms with Crippen molar-refractivity contribution in [2.75, 3.05) is 13.1 Å². The minimum Gasteiger partial charge on any atom is -0.388 e. The van der Waals surface area contributed by atoms with E-state index in [0.717, 1.165) is 5.56 Å². The lowest BCUT2D eigenvalue weighted by Crippen LogP contribution is -2.36. The van der Waals surface area contributed by atoms with E-state index in [1.165, 1.54) is 16.4 Å². The first-order valence-electron chi connectivity index (χ1n) is 9.77. The molecule has 3 aromatic rings. The fourth-order valence-corrected chi connectivity index (χ4v) is 5.07. The summed E-state index contributed by atoms with van der Waals surface area (Å²) in [6.07, 6.45) is 0.132. The highest BCUT2D eigenvalue weighted by Gasteiger charge is 2.33. The third-order valence-electron chi connectivity index (χ3n) is 4.99. The number of sulfonamides is 1. The molecule has 0 saturated heterocycles. The van der Waals surface area contributed by atoms with Crippen LogP contribution in [-0.4, -0.2) is 37.1 Å². The van der Waals surface area contributed by atoms with E-state index in [1.807, 2.05) is 6.07 Å². The van der Waals surface area contributed by atoms with Gasteiger partial charge in [-0.05, 0) is 41.4 Å². The van der Waals surface area contributed by atoms with Crippen molar-refractivity contribution in [1.29, 1.82) is 0 Å². The summed E-state index contributed by atoms with van der Waals surface area (Å²) < 4.78 is 37.7. The maximum Gasteiger partial charge on any atom is 0.414 e. The van der Waals surface area contributed by atoms with Gasteiger partial charge in [0.05, 0.1) is 20.5 Å². The average molecular weight is 496 g/mol. The van der Waals surface area contributed by atoms with Crippen molar-refractivity contribution in [3.8, 4) is 5.88 Å².